The van der Waals surface area contributed by atoms with Crippen LogP contribution in [0.3, 0.4) is 0 Å². The van der Waals surface area contributed by atoms with Gasteiger partial charge < -0.3 is 29.0 Å². The summed E-state index contributed by atoms with van der Waals surface area (Å²) < 4.78 is 27.2. The largest absolute Gasteiger partial charge is 0.493 e. The Hall–Kier alpha value is -3.94. The molecule has 2 aromatic carbocycles. The highest BCUT2D eigenvalue weighted by Gasteiger charge is 2.17. The molecule has 1 amide bonds. The van der Waals surface area contributed by atoms with E-state index >= 15 is 0 Å². The normalized spacial score (nSPS) is 10.2. The molecule has 0 aliphatic rings. The van der Waals surface area contributed by atoms with Gasteiger partial charge in [-0.2, -0.15) is 0 Å². The molecule has 0 unspecified atom stereocenters. The molecule has 162 valence electrons. The first-order valence-electron chi connectivity index (χ1n) is 9.40. The molecule has 1 aromatic heterocycles. The summed E-state index contributed by atoms with van der Waals surface area (Å²) in [6.45, 7) is 0.314. The molecule has 31 heavy (non-hydrogen) atoms. The summed E-state index contributed by atoms with van der Waals surface area (Å²) in [6.07, 6.45) is 3.42. The van der Waals surface area contributed by atoms with Gasteiger partial charge in [-0.05, 0) is 30.3 Å². The van der Waals surface area contributed by atoms with E-state index < -0.39 is 0 Å². The Morgan fingerprint density at radius 2 is 1.58 bits per heavy atom. The van der Waals surface area contributed by atoms with Gasteiger partial charge >= 0.3 is 0 Å². The zero-order valence-electron chi connectivity index (χ0n) is 17.8. The second-order valence-corrected chi connectivity index (χ2v) is 6.38. The average molecular weight is 424 g/mol. The fourth-order valence-electron chi connectivity index (χ4n) is 2.93. The Kier molecular flexibility index (Phi) is 7.16. The summed E-state index contributed by atoms with van der Waals surface area (Å²) in [6, 6.07) is 12.1. The number of hydrogen-bond acceptors (Lipinski definition) is 7. The molecule has 0 saturated heterocycles. The van der Waals surface area contributed by atoms with Gasteiger partial charge in [-0.25, -0.2) is 0 Å². The molecule has 0 spiro atoms. The van der Waals surface area contributed by atoms with Crippen LogP contribution in [0.2, 0.25) is 0 Å². The van der Waals surface area contributed by atoms with E-state index in [-0.39, 0.29) is 5.91 Å². The summed E-state index contributed by atoms with van der Waals surface area (Å²) in [5.74, 6) is 1.90. The van der Waals surface area contributed by atoms with Crippen LogP contribution in [0.25, 0.3) is 0 Å². The zero-order valence-corrected chi connectivity index (χ0v) is 17.8. The number of aromatic nitrogens is 1. The van der Waals surface area contributed by atoms with Crippen LogP contribution in [-0.2, 0) is 6.61 Å². The molecule has 0 bridgehead atoms. The monoisotopic (exact) mass is 424 g/mol. The van der Waals surface area contributed by atoms with Crippen molar-refractivity contribution in [3.8, 4) is 28.7 Å². The maximum Gasteiger partial charge on any atom is 0.255 e. The molecule has 0 aliphatic carbocycles. The number of rotatable bonds is 9. The number of pyridine rings is 1. The third-order valence-electron chi connectivity index (χ3n) is 4.47. The first-order valence-corrected chi connectivity index (χ1v) is 9.40. The van der Waals surface area contributed by atoms with Crippen molar-refractivity contribution in [1.29, 1.82) is 0 Å². The smallest absolute Gasteiger partial charge is 0.255 e. The standard InChI is InChI=1S/C23H24N2O6/c1-27-18-8-7-17(12-19(18)31-14-15-6-5-9-24-13-15)25-23(26)16-10-20(28-2)22(30-4)21(11-16)29-3/h5-13H,14H2,1-4H3,(H,25,26). The minimum Gasteiger partial charge on any atom is -0.493 e. The molecule has 0 aliphatic heterocycles. The number of carbonyl (C=O) groups excluding carboxylic acids is 1. The lowest BCUT2D eigenvalue weighted by Gasteiger charge is -2.15. The van der Waals surface area contributed by atoms with E-state index in [4.69, 9.17) is 23.7 Å². The van der Waals surface area contributed by atoms with Gasteiger partial charge in [0.1, 0.15) is 6.61 Å². The van der Waals surface area contributed by atoms with Gasteiger partial charge in [0.05, 0.1) is 28.4 Å². The van der Waals surface area contributed by atoms with Crippen molar-refractivity contribution in [2.24, 2.45) is 0 Å². The summed E-state index contributed by atoms with van der Waals surface area (Å²) in [5.41, 5.74) is 1.81. The first kappa shape index (κ1) is 21.8. The van der Waals surface area contributed by atoms with Crippen LogP contribution >= 0.6 is 0 Å². The fourth-order valence-corrected chi connectivity index (χ4v) is 2.93. The molecule has 0 atom stereocenters. The molecule has 1 heterocycles. The van der Waals surface area contributed by atoms with Gasteiger partial charge in [0.25, 0.3) is 5.91 Å². The molecule has 3 aromatic rings. The number of ether oxygens (including phenoxy) is 5. The van der Waals surface area contributed by atoms with Crippen LogP contribution in [0.1, 0.15) is 15.9 Å². The minimum atomic E-state index is -0.345. The van der Waals surface area contributed by atoms with E-state index in [1.165, 1.54) is 21.3 Å². The van der Waals surface area contributed by atoms with Gasteiger partial charge in [0, 0.05) is 35.3 Å². The number of amides is 1. The SMILES string of the molecule is COc1ccc(NC(=O)c2cc(OC)c(OC)c(OC)c2)cc1OCc1cccnc1. The lowest BCUT2D eigenvalue weighted by Crippen LogP contribution is -2.13. The van der Waals surface area contributed by atoms with E-state index in [9.17, 15) is 4.79 Å². The fraction of sp³-hybridized carbons (Fsp3) is 0.217. The maximum atomic E-state index is 12.9. The summed E-state index contributed by atoms with van der Waals surface area (Å²) in [4.78, 5) is 16.9. The summed E-state index contributed by atoms with van der Waals surface area (Å²) >= 11 is 0. The van der Waals surface area contributed by atoms with Crippen LogP contribution in [0.5, 0.6) is 28.7 Å². The van der Waals surface area contributed by atoms with E-state index in [2.05, 4.69) is 10.3 Å². The van der Waals surface area contributed by atoms with Crippen molar-refractivity contribution in [3.63, 3.8) is 0 Å². The lowest BCUT2D eigenvalue weighted by atomic mass is 10.1. The van der Waals surface area contributed by atoms with Crippen LogP contribution in [0.15, 0.2) is 54.9 Å². The number of methoxy groups -OCH3 is 4. The Labute approximate surface area is 180 Å². The molecule has 0 radical (unpaired) electrons. The van der Waals surface area contributed by atoms with Crippen LogP contribution < -0.4 is 29.0 Å². The Balaban J connectivity index is 1.81. The van der Waals surface area contributed by atoms with Crippen molar-refractivity contribution in [2.75, 3.05) is 33.8 Å². The predicted octanol–water partition coefficient (Wildman–Crippen LogP) is 3.95. The average Bonchev–Trinajstić information content (AvgIpc) is 2.82. The van der Waals surface area contributed by atoms with Gasteiger partial charge in [-0.1, -0.05) is 6.07 Å². The minimum absolute atomic E-state index is 0.314. The van der Waals surface area contributed by atoms with Crippen LogP contribution in [-0.4, -0.2) is 39.3 Å². The van der Waals surface area contributed by atoms with Gasteiger partial charge in [-0.3, -0.25) is 9.78 Å². The molecule has 3 rings (SSSR count). The van der Waals surface area contributed by atoms with E-state index in [1.54, 1.807) is 49.8 Å². The van der Waals surface area contributed by atoms with Crippen molar-refractivity contribution in [3.05, 3.63) is 66.0 Å². The van der Waals surface area contributed by atoms with Crippen LogP contribution in [0, 0.1) is 0 Å². The number of hydrogen-bond donors (Lipinski definition) is 1. The van der Waals surface area contributed by atoms with Crippen molar-refractivity contribution >= 4 is 11.6 Å². The van der Waals surface area contributed by atoms with Crippen molar-refractivity contribution in [2.45, 2.75) is 6.61 Å². The Morgan fingerprint density at radius 1 is 0.871 bits per heavy atom. The third kappa shape index (κ3) is 5.16. The quantitative estimate of drug-likeness (QED) is 0.556. The molecule has 0 fully saturated rings. The first-order chi connectivity index (χ1) is 15.1. The van der Waals surface area contributed by atoms with Crippen molar-refractivity contribution in [1.82, 2.24) is 4.98 Å². The van der Waals surface area contributed by atoms with E-state index in [0.717, 1.165) is 5.56 Å². The van der Waals surface area contributed by atoms with E-state index in [0.29, 0.717) is 46.6 Å². The lowest BCUT2D eigenvalue weighted by molar-refractivity contribution is 0.102. The van der Waals surface area contributed by atoms with Gasteiger partial charge in [0.15, 0.2) is 23.0 Å². The topological polar surface area (TPSA) is 88.1 Å². The highest BCUT2D eigenvalue weighted by Crippen LogP contribution is 2.38. The van der Waals surface area contributed by atoms with Gasteiger partial charge in [-0.15, -0.1) is 0 Å². The molecular weight excluding hydrogens is 400 g/mol. The number of nitrogens with one attached hydrogen (secondary N) is 1. The molecular formula is C23H24N2O6. The third-order valence-corrected chi connectivity index (χ3v) is 4.47. The Bertz CT molecular complexity index is 1010. The second-order valence-electron chi connectivity index (χ2n) is 6.38. The molecule has 1 N–H and O–H groups in total. The number of anilines is 1. The predicted molar refractivity (Wildman–Crippen MR) is 116 cm³/mol. The Morgan fingerprint density at radius 3 is 2.16 bits per heavy atom. The number of nitrogens with zero attached hydrogens (tertiary/aromatic N) is 1. The van der Waals surface area contributed by atoms with Crippen LogP contribution in [0.4, 0.5) is 5.69 Å². The molecule has 0 saturated carbocycles. The number of carbonyl (C=O) groups is 1. The summed E-state index contributed by atoms with van der Waals surface area (Å²) in [7, 11) is 6.05. The number of benzene rings is 2. The highest BCUT2D eigenvalue weighted by atomic mass is 16.5. The highest BCUT2D eigenvalue weighted by molar-refractivity contribution is 6.05. The second kappa shape index (κ2) is 10.2. The van der Waals surface area contributed by atoms with E-state index in [1.807, 2.05) is 12.1 Å². The maximum absolute atomic E-state index is 12.9. The zero-order chi connectivity index (χ0) is 22.2. The van der Waals surface area contributed by atoms with Gasteiger partial charge in [0.2, 0.25) is 5.75 Å². The molecule has 8 heteroatoms. The molecule has 8 nitrogen and oxygen atoms in total. The summed E-state index contributed by atoms with van der Waals surface area (Å²) in [5, 5.41) is 2.85. The van der Waals surface area contributed by atoms with Crippen molar-refractivity contribution < 1.29 is 28.5 Å².